The molecule has 8 heteroatoms. The molecule has 1 N–H and O–H groups in total. The van der Waals surface area contributed by atoms with Crippen LogP contribution in [0, 0.1) is 5.92 Å². The smallest absolute Gasteiger partial charge is 0.227 e. The standard InChI is InChI=1S/C16H20N2O5S/c1-23-14-4-2-3-13(8-14)18-9-11(7-15(18)19)16(20)17-12-5-6-24(21,22)10-12/h2-4,8,11-12H,5-7,9-10H2,1H3,(H,17,20). The number of benzene rings is 1. The van der Waals surface area contributed by atoms with Crippen LogP contribution in [0.1, 0.15) is 12.8 Å². The van der Waals surface area contributed by atoms with Crippen LogP contribution in [0.3, 0.4) is 0 Å². The van der Waals surface area contributed by atoms with Gasteiger partial charge in [-0.2, -0.15) is 0 Å². The van der Waals surface area contributed by atoms with Crippen molar-refractivity contribution < 1.29 is 22.7 Å². The second kappa shape index (κ2) is 6.43. The van der Waals surface area contributed by atoms with E-state index in [1.807, 2.05) is 0 Å². The van der Waals surface area contributed by atoms with Gasteiger partial charge < -0.3 is 15.0 Å². The number of carbonyl (C=O) groups excluding carboxylic acids is 2. The monoisotopic (exact) mass is 352 g/mol. The van der Waals surface area contributed by atoms with Gasteiger partial charge in [-0.3, -0.25) is 9.59 Å². The van der Waals surface area contributed by atoms with Crippen LogP contribution in [0.5, 0.6) is 5.75 Å². The van der Waals surface area contributed by atoms with E-state index in [1.54, 1.807) is 36.3 Å². The summed E-state index contributed by atoms with van der Waals surface area (Å²) in [5.74, 6) is -0.106. The van der Waals surface area contributed by atoms with Gasteiger partial charge in [0.1, 0.15) is 5.75 Å². The Morgan fingerprint density at radius 2 is 2.17 bits per heavy atom. The summed E-state index contributed by atoms with van der Waals surface area (Å²) in [6.07, 6.45) is 0.566. The number of sulfone groups is 1. The number of amides is 2. The molecular formula is C16H20N2O5S. The van der Waals surface area contributed by atoms with Gasteiger partial charge in [-0.25, -0.2) is 8.42 Å². The predicted molar refractivity (Wildman–Crippen MR) is 88.7 cm³/mol. The highest BCUT2D eigenvalue weighted by Gasteiger charge is 2.37. The minimum absolute atomic E-state index is 0.0149. The summed E-state index contributed by atoms with van der Waals surface area (Å²) in [7, 11) is -1.49. The summed E-state index contributed by atoms with van der Waals surface area (Å²) in [6, 6.07) is 6.78. The van der Waals surface area contributed by atoms with Gasteiger partial charge in [0.15, 0.2) is 9.84 Å². The molecule has 0 aromatic heterocycles. The molecule has 2 aliphatic rings. The number of hydrogen-bond acceptors (Lipinski definition) is 5. The van der Waals surface area contributed by atoms with Crippen molar-refractivity contribution in [3.8, 4) is 5.75 Å². The van der Waals surface area contributed by atoms with Crippen LogP contribution in [-0.2, 0) is 19.4 Å². The van der Waals surface area contributed by atoms with E-state index in [2.05, 4.69) is 5.32 Å². The summed E-state index contributed by atoms with van der Waals surface area (Å²) in [4.78, 5) is 26.2. The summed E-state index contributed by atoms with van der Waals surface area (Å²) < 4.78 is 28.1. The van der Waals surface area contributed by atoms with E-state index in [9.17, 15) is 18.0 Å². The van der Waals surface area contributed by atoms with Gasteiger partial charge in [0, 0.05) is 30.8 Å². The molecule has 2 saturated heterocycles. The molecule has 2 fully saturated rings. The van der Waals surface area contributed by atoms with Crippen molar-refractivity contribution in [1.82, 2.24) is 5.32 Å². The Morgan fingerprint density at radius 3 is 2.83 bits per heavy atom. The molecule has 24 heavy (non-hydrogen) atoms. The SMILES string of the molecule is COc1cccc(N2CC(C(=O)NC3CCS(=O)(=O)C3)CC2=O)c1. The van der Waals surface area contributed by atoms with Crippen LogP contribution in [0.25, 0.3) is 0 Å². The molecule has 2 atom stereocenters. The van der Waals surface area contributed by atoms with E-state index < -0.39 is 15.8 Å². The number of carbonyl (C=O) groups is 2. The largest absolute Gasteiger partial charge is 0.497 e. The first-order valence-electron chi connectivity index (χ1n) is 7.83. The van der Waals surface area contributed by atoms with Crippen molar-refractivity contribution in [1.29, 1.82) is 0 Å². The maximum absolute atomic E-state index is 12.3. The minimum Gasteiger partial charge on any atom is -0.497 e. The topological polar surface area (TPSA) is 92.8 Å². The van der Waals surface area contributed by atoms with Crippen LogP contribution in [0.4, 0.5) is 5.69 Å². The number of nitrogens with zero attached hydrogens (tertiary/aromatic N) is 1. The normalized spacial score (nSPS) is 25.7. The molecule has 2 unspecified atom stereocenters. The van der Waals surface area contributed by atoms with Crippen molar-refractivity contribution in [2.24, 2.45) is 5.92 Å². The Hall–Kier alpha value is -2.09. The Morgan fingerprint density at radius 1 is 1.38 bits per heavy atom. The molecule has 2 heterocycles. The third-order valence-electron chi connectivity index (χ3n) is 4.44. The number of nitrogens with one attached hydrogen (secondary N) is 1. The third kappa shape index (κ3) is 3.53. The average molecular weight is 352 g/mol. The van der Waals surface area contributed by atoms with Crippen LogP contribution in [0.15, 0.2) is 24.3 Å². The fourth-order valence-corrected chi connectivity index (χ4v) is 4.81. The fourth-order valence-electron chi connectivity index (χ4n) is 3.14. The number of rotatable bonds is 4. The Kier molecular flexibility index (Phi) is 4.49. The predicted octanol–water partition coefficient (Wildman–Crippen LogP) is 0.351. The molecule has 2 amide bonds. The summed E-state index contributed by atoms with van der Waals surface area (Å²) in [5, 5.41) is 2.77. The van der Waals surface area contributed by atoms with E-state index >= 15 is 0 Å². The molecule has 0 saturated carbocycles. The lowest BCUT2D eigenvalue weighted by Gasteiger charge is -2.18. The molecule has 3 rings (SSSR count). The van der Waals surface area contributed by atoms with E-state index in [1.165, 1.54) is 0 Å². The molecule has 1 aromatic rings. The minimum atomic E-state index is -3.04. The highest BCUT2D eigenvalue weighted by atomic mass is 32.2. The second-order valence-electron chi connectivity index (χ2n) is 6.22. The maximum Gasteiger partial charge on any atom is 0.227 e. The van der Waals surface area contributed by atoms with Crippen molar-refractivity contribution >= 4 is 27.3 Å². The maximum atomic E-state index is 12.3. The molecule has 0 radical (unpaired) electrons. The van der Waals surface area contributed by atoms with Crippen LogP contribution < -0.4 is 15.0 Å². The highest BCUT2D eigenvalue weighted by molar-refractivity contribution is 7.91. The zero-order chi connectivity index (χ0) is 17.3. The van der Waals surface area contributed by atoms with E-state index in [-0.39, 0.29) is 42.3 Å². The summed E-state index contributed by atoms with van der Waals surface area (Å²) >= 11 is 0. The van der Waals surface area contributed by atoms with Crippen LogP contribution in [-0.4, -0.2) is 51.4 Å². The van der Waals surface area contributed by atoms with Crippen molar-refractivity contribution in [2.75, 3.05) is 30.1 Å². The molecule has 0 spiro atoms. The van der Waals surface area contributed by atoms with Crippen LogP contribution >= 0.6 is 0 Å². The van der Waals surface area contributed by atoms with Crippen LogP contribution in [0.2, 0.25) is 0 Å². The zero-order valence-electron chi connectivity index (χ0n) is 13.4. The molecule has 130 valence electrons. The van der Waals surface area contributed by atoms with Gasteiger partial charge in [-0.15, -0.1) is 0 Å². The lowest BCUT2D eigenvalue weighted by Crippen LogP contribution is -2.40. The number of anilines is 1. The Balaban J connectivity index is 1.64. The molecular weight excluding hydrogens is 332 g/mol. The van der Waals surface area contributed by atoms with Gasteiger partial charge in [-0.1, -0.05) is 6.07 Å². The van der Waals surface area contributed by atoms with Gasteiger partial charge in [-0.05, 0) is 18.6 Å². The highest BCUT2D eigenvalue weighted by Crippen LogP contribution is 2.28. The van der Waals surface area contributed by atoms with Crippen molar-refractivity contribution in [2.45, 2.75) is 18.9 Å². The van der Waals surface area contributed by atoms with E-state index in [0.717, 1.165) is 0 Å². The Labute approximate surface area is 140 Å². The fraction of sp³-hybridized carbons (Fsp3) is 0.500. The number of ether oxygens (including phenoxy) is 1. The average Bonchev–Trinajstić information content (AvgIpc) is 3.10. The first kappa shape index (κ1) is 16.8. The summed E-state index contributed by atoms with van der Waals surface area (Å²) in [5.41, 5.74) is 0.693. The lowest BCUT2D eigenvalue weighted by molar-refractivity contribution is -0.126. The first-order valence-corrected chi connectivity index (χ1v) is 9.65. The van der Waals surface area contributed by atoms with Crippen molar-refractivity contribution in [3.63, 3.8) is 0 Å². The van der Waals surface area contributed by atoms with E-state index in [0.29, 0.717) is 17.9 Å². The molecule has 1 aromatic carbocycles. The second-order valence-corrected chi connectivity index (χ2v) is 8.44. The van der Waals surface area contributed by atoms with Gasteiger partial charge in [0.2, 0.25) is 11.8 Å². The van der Waals surface area contributed by atoms with Gasteiger partial charge in [0.05, 0.1) is 24.5 Å². The first-order chi connectivity index (χ1) is 11.4. The molecule has 2 aliphatic heterocycles. The number of methoxy groups -OCH3 is 1. The quantitative estimate of drug-likeness (QED) is 0.844. The summed E-state index contributed by atoms with van der Waals surface area (Å²) in [6.45, 7) is 0.289. The third-order valence-corrected chi connectivity index (χ3v) is 6.21. The van der Waals surface area contributed by atoms with Gasteiger partial charge in [0.25, 0.3) is 0 Å². The van der Waals surface area contributed by atoms with E-state index in [4.69, 9.17) is 4.74 Å². The Bertz CT molecular complexity index is 761. The zero-order valence-corrected chi connectivity index (χ0v) is 14.2. The number of hydrogen-bond donors (Lipinski definition) is 1. The van der Waals surface area contributed by atoms with Gasteiger partial charge >= 0.3 is 0 Å². The van der Waals surface area contributed by atoms with Crippen molar-refractivity contribution in [3.05, 3.63) is 24.3 Å². The lowest BCUT2D eigenvalue weighted by atomic mass is 10.1. The molecule has 7 nitrogen and oxygen atoms in total. The molecule has 0 bridgehead atoms. The molecule has 0 aliphatic carbocycles.